The molecule has 2 N–H and O–H groups in total. The number of aliphatic imine (C=N–C) groups is 1. The van der Waals surface area contributed by atoms with Crippen LogP contribution in [0.15, 0.2) is 47.6 Å². The molecule has 0 bridgehead atoms. The van der Waals surface area contributed by atoms with E-state index in [9.17, 15) is 0 Å². The number of nitrogens with zero attached hydrogens (tertiary/aromatic N) is 4. The number of benzene rings is 1. The predicted molar refractivity (Wildman–Crippen MR) is 128 cm³/mol. The molecule has 29 heavy (non-hydrogen) atoms. The number of hydrogen-bond acceptors (Lipinski definition) is 4. The summed E-state index contributed by atoms with van der Waals surface area (Å²) in [6.45, 7) is 6.62. The van der Waals surface area contributed by atoms with Crippen molar-refractivity contribution in [2.75, 3.05) is 19.7 Å². The highest BCUT2D eigenvalue weighted by Crippen LogP contribution is 2.21. The first kappa shape index (κ1) is 23.2. The first-order valence-corrected chi connectivity index (χ1v) is 9.75. The molecule has 9 heteroatoms. The van der Waals surface area contributed by atoms with E-state index in [2.05, 4.69) is 25.8 Å². The summed E-state index contributed by atoms with van der Waals surface area (Å²) in [5.74, 6) is 2.41. The van der Waals surface area contributed by atoms with Gasteiger partial charge < -0.3 is 15.4 Å². The van der Waals surface area contributed by atoms with Crippen LogP contribution in [-0.2, 0) is 6.54 Å². The fraction of sp³-hybridized carbons (Fsp3) is 0.350. The Bertz CT molecular complexity index is 946. The van der Waals surface area contributed by atoms with Gasteiger partial charge in [-0.3, -0.25) is 4.40 Å². The van der Waals surface area contributed by atoms with Gasteiger partial charge in [0.1, 0.15) is 12.3 Å². The minimum atomic E-state index is 0. The van der Waals surface area contributed by atoms with Gasteiger partial charge in [0.2, 0.25) is 0 Å². The molecule has 0 saturated carbocycles. The molecule has 0 spiro atoms. The molecule has 0 atom stereocenters. The molecule has 0 unspecified atom stereocenters. The highest BCUT2D eigenvalue weighted by atomic mass is 127. The molecule has 0 radical (unpaired) electrons. The van der Waals surface area contributed by atoms with Gasteiger partial charge in [-0.2, -0.15) is 0 Å². The van der Waals surface area contributed by atoms with Crippen molar-refractivity contribution in [2.45, 2.75) is 26.8 Å². The molecule has 0 aliphatic carbocycles. The van der Waals surface area contributed by atoms with Crippen LogP contribution >= 0.6 is 35.6 Å². The Kier molecular flexibility index (Phi) is 9.46. The number of rotatable bonds is 8. The minimum Gasteiger partial charge on any atom is -0.493 e. The van der Waals surface area contributed by atoms with E-state index in [0.29, 0.717) is 13.2 Å². The van der Waals surface area contributed by atoms with Crippen molar-refractivity contribution in [2.24, 2.45) is 4.99 Å². The van der Waals surface area contributed by atoms with Gasteiger partial charge in [0, 0.05) is 24.3 Å². The lowest BCUT2D eigenvalue weighted by atomic mass is 10.2. The normalized spacial score (nSPS) is 11.2. The fourth-order valence-electron chi connectivity index (χ4n) is 2.73. The summed E-state index contributed by atoms with van der Waals surface area (Å²) in [7, 11) is 0. The molecule has 3 rings (SSSR count). The summed E-state index contributed by atoms with van der Waals surface area (Å²) in [6.07, 6.45) is 2.79. The molecule has 1 aromatic carbocycles. The van der Waals surface area contributed by atoms with Crippen LogP contribution in [0.3, 0.4) is 0 Å². The van der Waals surface area contributed by atoms with Gasteiger partial charge in [0.25, 0.3) is 0 Å². The molecule has 0 saturated heterocycles. The zero-order valence-electron chi connectivity index (χ0n) is 16.6. The van der Waals surface area contributed by atoms with Crippen LogP contribution in [0.4, 0.5) is 0 Å². The van der Waals surface area contributed by atoms with Crippen LogP contribution in [0.5, 0.6) is 5.75 Å². The van der Waals surface area contributed by atoms with Gasteiger partial charge in [-0.05, 0) is 56.2 Å². The molecule has 2 aromatic heterocycles. The van der Waals surface area contributed by atoms with Crippen LogP contribution in [0.1, 0.15) is 24.7 Å². The van der Waals surface area contributed by atoms with Crippen molar-refractivity contribution < 1.29 is 4.74 Å². The molecule has 0 fully saturated rings. The first-order chi connectivity index (χ1) is 13.7. The minimum absolute atomic E-state index is 0. The summed E-state index contributed by atoms with van der Waals surface area (Å²) >= 11 is 5.97. The molecule has 2 heterocycles. The zero-order valence-corrected chi connectivity index (χ0v) is 19.6. The van der Waals surface area contributed by atoms with Crippen molar-refractivity contribution in [3.05, 3.63) is 59.0 Å². The Morgan fingerprint density at radius 2 is 2.07 bits per heavy atom. The van der Waals surface area contributed by atoms with Crippen LogP contribution in [0.2, 0.25) is 5.02 Å². The second-order valence-corrected chi connectivity index (χ2v) is 6.72. The maximum absolute atomic E-state index is 5.97. The van der Waals surface area contributed by atoms with Crippen molar-refractivity contribution in [3.63, 3.8) is 0 Å². The number of hydrogen-bond donors (Lipinski definition) is 2. The third kappa shape index (κ3) is 6.74. The topological polar surface area (TPSA) is 75.8 Å². The van der Waals surface area contributed by atoms with Crippen molar-refractivity contribution >= 4 is 47.2 Å². The molecule has 0 aliphatic heterocycles. The highest BCUT2D eigenvalue weighted by Gasteiger charge is 2.05. The second kappa shape index (κ2) is 11.8. The van der Waals surface area contributed by atoms with Crippen LogP contribution in [-0.4, -0.2) is 40.3 Å². The van der Waals surface area contributed by atoms with Gasteiger partial charge in [0.15, 0.2) is 17.4 Å². The highest BCUT2D eigenvalue weighted by molar-refractivity contribution is 14.0. The van der Waals surface area contributed by atoms with E-state index in [1.807, 2.05) is 60.8 Å². The number of fused-ring (bicyclic) bond motifs is 1. The molecule has 0 aliphatic rings. The lowest BCUT2D eigenvalue weighted by molar-refractivity contribution is 0.309. The lowest BCUT2D eigenvalue weighted by Gasteiger charge is -2.12. The van der Waals surface area contributed by atoms with Crippen molar-refractivity contribution in [1.82, 2.24) is 25.2 Å². The monoisotopic (exact) mass is 528 g/mol. The molecule has 0 amide bonds. The van der Waals surface area contributed by atoms with E-state index in [-0.39, 0.29) is 24.0 Å². The van der Waals surface area contributed by atoms with Gasteiger partial charge >= 0.3 is 0 Å². The van der Waals surface area contributed by atoms with Crippen LogP contribution in [0.25, 0.3) is 5.65 Å². The SMILES string of the molecule is CCNC(=NCc1nnc2ccccn12)NCCCOc1ccc(Cl)cc1C.I. The lowest BCUT2D eigenvalue weighted by Crippen LogP contribution is -2.38. The molecule has 156 valence electrons. The summed E-state index contributed by atoms with van der Waals surface area (Å²) in [4.78, 5) is 4.60. The fourth-order valence-corrected chi connectivity index (χ4v) is 2.95. The molecule has 7 nitrogen and oxygen atoms in total. The van der Waals surface area contributed by atoms with Gasteiger partial charge in [-0.25, -0.2) is 4.99 Å². The number of aryl methyl sites for hydroxylation is 1. The zero-order chi connectivity index (χ0) is 19.8. The van der Waals surface area contributed by atoms with Crippen molar-refractivity contribution in [3.8, 4) is 5.75 Å². The second-order valence-electron chi connectivity index (χ2n) is 6.28. The quantitative estimate of drug-likeness (QED) is 0.201. The van der Waals surface area contributed by atoms with Gasteiger partial charge in [-0.1, -0.05) is 17.7 Å². The number of nitrogens with one attached hydrogen (secondary N) is 2. The average Bonchev–Trinajstić information content (AvgIpc) is 3.10. The summed E-state index contributed by atoms with van der Waals surface area (Å²) in [5, 5.41) is 15.6. The van der Waals surface area contributed by atoms with E-state index < -0.39 is 0 Å². The maximum Gasteiger partial charge on any atom is 0.191 e. The standard InChI is InChI=1S/C20H25ClN6O.HI/c1-3-22-20(24-14-19-26-25-18-7-4-5-11-27(18)19)23-10-6-12-28-17-9-8-16(21)13-15(17)2;/h4-5,7-9,11,13H,3,6,10,12,14H2,1-2H3,(H2,22,23,24);1H. The smallest absolute Gasteiger partial charge is 0.191 e. The Morgan fingerprint density at radius 1 is 1.21 bits per heavy atom. The third-order valence-electron chi connectivity index (χ3n) is 4.12. The number of aromatic nitrogens is 3. The Hall–Kier alpha value is -2.07. The summed E-state index contributed by atoms with van der Waals surface area (Å²) < 4.78 is 7.76. The van der Waals surface area contributed by atoms with E-state index in [0.717, 1.165) is 53.3 Å². The summed E-state index contributed by atoms with van der Waals surface area (Å²) in [5.41, 5.74) is 1.86. The first-order valence-electron chi connectivity index (χ1n) is 9.37. The van der Waals surface area contributed by atoms with Crippen LogP contribution < -0.4 is 15.4 Å². The third-order valence-corrected chi connectivity index (χ3v) is 4.35. The number of guanidine groups is 1. The van der Waals surface area contributed by atoms with E-state index in [4.69, 9.17) is 16.3 Å². The van der Waals surface area contributed by atoms with E-state index >= 15 is 0 Å². The predicted octanol–water partition coefficient (Wildman–Crippen LogP) is 3.83. The average molecular weight is 529 g/mol. The van der Waals surface area contributed by atoms with E-state index in [1.165, 1.54) is 0 Å². The van der Waals surface area contributed by atoms with Gasteiger partial charge in [-0.15, -0.1) is 34.2 Å². The number of halogens is 2. The number of ether oxygens (including phenoxy) is 1. The van der Waals surface area contributed by atoms with Gasteiger partial charge in [0.05, 0.1) is 6.61 Å². The Morgan fingerprint density at radius 3 is 2.86 bits per heavy atom. The Labute approximate surface area is 192 Å². The Balaban J connectivity index is 0.00000300. The molecular formula is C20H26ClIN6O. The van der Waals surface area contributed by atoms with Crippen LogP contribution in [0, 0.1) is 6.92 Å². The largest absolute Gasteiger partial charge is 0.493 e. The summed E-state index contributed by atoms with van der Waals surface area (Å²) in [6, 6.07) is 11.5. The molecule has 3 aromatic rings. The molecular weight excluding hydrogens is 503 g/mol. The number of pyridine rings is 1. The van der Waals surface area contributed by atoms with E-state index in [1.54, 1.807) is 0 Å². The van der Waals surface area contributed by atoms with Crippen molar-refractivity contribution in [1.29, 1.82) is 0 Å². The maximum atomic E-state index is 5.97.